The Morgan fingerprint density at radius 3 is 1.71 bits per heavy atom. The molecule has 0 spiro atoms. The van der Waals surface area contributed by atoms with Crippen LogP contribution in [0, 0.1) is 0 Å². The summed E-state index contributed by atoms with van der Waals surface area (Å²) in [5, 5.41) is 0. The first-order valence-corrected chi connectivity index (χ1v) is 3.08. The van der Waals surface area contributed by atoms with Crippen LogP contribution in [0.25, 0.3) is 0 Å². The monoisotopic (exact) mass is 155 g/mol. The van der Waals surface area contributed by atoms with Gasteiger partial charge in [0, 0.05) is 21.7 Å². The van der Waals surface area contributed by atoms with Gasteiger partial charge in [-0.05, 0) is 18.4 Å². The van der Waals surface area contributed by atoms with Crippen LogP contribution in [0.15, 0.2) is 0 Å². The molecular formula is C3H8O2PTi+. The molecule has 1 atom stereocenters. The molecule has 0 saturated carbocycles. The van der Waals surface area contributed by atoms with Gasteiger partial charge in [-0.15, -0.1) is 0 Å². The van der Waals surface area contributed by atoms with Crippen molar-refractivity contribution in [3.8, 4) is 0 Å². The van der Waals surface area contributed by atoms with E-state index in [1.807, 2.05) is 0 Å². The van der Waals surface area contributed by atoms with Crippen molar-refractivity contribution < 1.29 is 31.2 Å². The molecule has 0 aromatic heterocycles. The summed E-state index contributed by atoms with van der Waals surface area (Å²) in [5.41, 5.74) is -0.0833. The molecule has 4 heteroatoms. The molecule has 0 aliphatic rings. The molecule has 0 aliphatic carbocycles. The van der Waals surface area contributed by atoms with Gasteiger partial charge >= 0.3 is 8.03 Å². The third-order valence-electron chi connectivity index (χ3n) is 0.442. The van der Waals surface area contributed by atoms with E-state index < -0.39 is 8.03 Å². The summed E-state index contributed by atoms with van der Waals surface area (Å²) in [7, 11) is -1.91. The van der Waals surface area contributed by atoms with Crippen LogP contribution in [-0.4, -0.2) is 10.6 Å². The van der Waals surface area contributed by atoms with Crippen LogP contribution >= 0.6 is 8.03 Å². The summed E-state index contributed by atoms with van der Waals surface area (Å²) >= 11 is 0. The zero-order valence-electron chi connectivity index (χ0n) is 4.38. The molecule has 0 bridgehead atoms. The van der Waals surface area contributed by atoms with Crippen LogP contribution in [0.5, 0.6) is 0 Å². The van der Waals surface area contributed by atoms with Gasteiger partial charge in [-0.2, -0.15) is 4.89 Å². The van der Waals surface area contributed by atoms with Crippen LogP contribution in [-0.2, 0) is 26.3 Å². The van der Waals surface area contributed by atoms with Crippen molar-refractivity contribution in [1.82, 2.24) is 0 Å². The van der Waals surface area contributed by atoms with Gasteiger partial charge < -0.3 is 0 Å². The first-order chi connectivity index (χ1) is 2.64. The minimum atomic E-state index is -1.91. The second-order valence-corrected chi connectivity index (χ2v) is 3.03. The van der Waals surface area contributed by atoms with Crippen molar-refractivity contribution in [2.45, 2.75) is 19.5 Å². The van der Waals surface area contributed by atoms with Crippen LogP contribution in [0.1, 0.15) is 13.8 Å². The van der Waals surface area contributed by atoms with E-state index in [0.717, 1.165) is 0 Å². The number of hydrogen-bond donors (Lipinski definition) is 1. The SMILES string of the molecule is CC(C)[P+](=O)O.[Ti]. The molecule has 0 aromatic carbocycles. The van der Waals surface area contributed by atoms with E-state index in [4.69, 9.17) is 4.89 Å². The Labute approximate surface area is 59.1 Å². The van der Waals surface area contributed by atoms with E-state index in [1.54, 1.807) is 13.8 Å². The van der Waals surface area contributed by atoms with E-state index in [9.17, 15) is 4.57 Å². The molecular weight excluding hydrogens is 147 g/mol. The van der Waals surface area contributed by atoms with Crippen molar-refractivity contribution in [2.24, 2.45) is 0 Å². The second kappa shape index (κ2) is 4.92. The van der Waals surface area contributed by atoms with Gasteiger partial charge in [0.25, 0.3) is 0 Å². The van der Waals surface area contributed by atoms with Crippen LogP contribution in [0.2, 0.25) is 0 Å². The second-order valence-electron chi connectivity index (χ2n) is 1.40. The standard InChI is InChI=1S/C3H7O2P.Ti/c1-3(2)6(4)5;/h3H,1-2H3;/p+1. The third kappa shape index (κ3) is 6.77. The maximum Gasteiger partial charge on any atom is 0.508 e. The van der Waals surface area contributed by atoms with Crippen LogP contribution in [0.3, 0.4) is 0 Å². The molecule has 0 aromatic rings. The molecule has 0 aliphatic heterocycles. The van der Waals surface area contributed by atoms with Gasteiger partial charge in [0.2, 0.25) is 0 Å². The molecule has 0 rings (SSSR count). The summed E-state index contributed by atoms with van der Waals surface area (Å²) in [5.74, 6) is 0. The van der Waals surface area contributed by atoms with Gasteiger partial charge in [0.1, 0.15) is 0 Å². The normalized spacial score (nSPS) is 10.6. The molecule has 0 heterocycles. The smallest absolute Gasteiger partial charge is 0.161 e. The number of rotatable bonds is 1. The van der Waals surface area contributed by atoms with Crippen molar-refractivity contribution in [2.75, 3.05) is 0 Å². The summed E-state index contributed by atoms with van der Waals surface area (Å²) < 4.78 is 9.85. The molecule has 0 amide bonds. The Morgan fingerprint density at radius 1 is 1.57 bits per heavy atom. The minimum Gasteiger partial charge on any atom is -0.161 e. The average Bonchev–Trinajstić information content (AvgIpc) is 1.36. The van der Waals surface area contributed by atoms with Gasteiger partial charge in [0.15, 0.2) is 5.66 Å². The van der Waals surface area contributed by atoms with Gasteiger partial charge in [0.05, 0.1) is 0 Å². The molecule has 0 fully saturated rings. The van der Waals surface area contributed by atoms with E-state index in [0.29, 0.717) is 0 Å². The fraction of sp³-hybridized carbons (Fsp3) is 1.00. The molecule has 1 unspecified atom stereocenters. The number of hydrogen-bond acceptors (Lipinski definition) is 1. The Morgan fingerprint density at radius 2 is 1.71 bits per heavy atom. The molecule has 0 radical (unpaired) electrons. The quantitative estimate of drug-likeness (QED) is 0.455. The Hall–Kier alpha value is 0.774. The molecule has 0 saturated heterocycles. The van der Waals surface area contributed by atoms with Crippen molar-refractivity contribution in [1.29, 1.82) is 0 Å². The predicted octanol–water partition coefficient (Wildman–Crippen LogP) is 1.13. The van der Waals surface area contributed by atoms with E-state index in [-0.39, 0.29) is 27.4 Å². The van der Waals surface area contributed by atoms with Crippen LogP contribution < -0.4 is 0 Å². The molecule has 7 heavy (non-hydrogen) atoms. The minimum absolute atomic E-state index is 0. The van der Waals surface area contributed by atoms with Crippen molar-refractivity contribution >= 4 is 8.03 Å². The molecule has 1 N–H and O–H groups in total. The fourth-order valence-corrected chi connectivity index (χ4v) is 0. The first kappa shape index (κ1) is 10.7. The topological polar surface area (TPSA) is 37.3 Å². The Kier molecular flexibility index (Phi) is 7.52. The molecule has 40 valence electrons. The van der Waals surface area contributed by atoms with E-state index in [1.165, 1.54) is 0 Å². The first-order valence-electron chi connectivity index (χ1n) is 1.80. The third-order valence-corrected chi connectivity index (χ3v) is 1.33. The summed E-state index contributed by atoms with van der Waals surface area (Å²) in [6, 6.07) is 0. The predicted molar refractivity (Wildman–Crippen MR) is 25.0 cm³/mol. The summed E-state index contributed by atoms with van der Waals surface area (Å²) in [4.78, 5) is 8.14. The van der Waals surface area contributed by atoms with Crippen LogP contribution in [0.4, 0.5) is 0 Å². The zero-order valence-corrected chi connectivity index (χ0v) is 6.84. The largest absolute Gasteiger partial charge is 0.508 e. The van der Waals surface area contributed by atoms with E-state index in [2.05, 4.69) is 0 Å². The van der Waals surface area contributed by atoms with E-state index >= 15 is 0 Å². The Balaban J connectivity index is 0. The zero-order chi connectivity index (χ0) is 5.15. The van der Waals surface area contributed by atoms with Crippen molar-refractivity contribution in [3.63, 3.8) is 0 Å². The maximum atomic E-state index is 9.85. The van der Waals surface area contributed by atoms with Gasteiger partial charge in [-0.3, -0.25) is 0 Å². The van der Waals surface area contributed by atoms with Gasteiger partial charge in [-0.1, -0.05) is 0 Å². The molecule has 2 nitrogen and oxygen atoms in total. The maximum absolute atomic E-state index is 9.85. The summed E-state index contributed by atoms with van der Waals surface area (Å²) in [6.45, 7) is 3.41. The fourth-order valence-electron chi connectivity index (χ4n) is 0. The summed E-state index contributed by atoms with van der Waals surface area (Å²) in [6.07, 6.45) is 0. The van der Waals surface area contributed by atoms with Gasteiger partial charge in [-0.25, -0.2) is 0 Å². The average molecular weight is 155 g/mol. The Bertz CT molecular complexity index is 64.0. The van der Waals surface area contributed by atoms with Crippen molar-refractivity contribution in [3.05, 3.63) is 0 Å².